The van der Waals surface area contributed by atoms with Gasteiger partial charge >= 0.3 is 0 Å². The Morgan fingerprint density at radius 1 is 0.889 bits per heavy atom. The molecule has 0 aromatic rings. The van der Waals surface area contributed by atoms with Crippen LogP contribution in [-0.4, -0.2) is 37.1 Å². The Kier molecular flexibility index (Phi) is 5.08. The fourth-order valence-corrected chi connectivity index (χ4v) is 4.48. The molecule has 2 aliphatic rings. The van der Waals surface area contributed by atoms with Crippen molar-refractivity contribution in [2.75, 3.05) is 14.1 Å². The van der Waals surface area contributed by atoms with Crippen LogP contribution in [0.5, 0.6) is 0 Å². The number of rotatable bonds is 3. The van der Waals surface area contributed by atoms with Crippen LogP contribution in [0.2, 0.25) is 0 Å². The molecule has 2 fully saturated rings. The van der Waals surface area contributed by atoms with Gasteiger partial charge in [-0.2, -0.15) is 0 Å². The zero-order chi connectivity index (χ0) is 13.1. The van der Waals surface area contributed by atoms with Gasteiger partial charge in [0.05, 0.1) is 0 Å². The normalized spacial score (nSPS) is 42.2. The lowest BCUT2D eigenvalue weighted by molar-refractivity contribution is 0.0398. The van der Waals surface area contributed by atoms with Crippen molar-refractivity contribution in [3.63, 3.8) is 0 Å². The Hall–Kier alpha value is -0.0800. The van der Waals surface area contributed by atoms with Crippen molar-refractivity contribution in [1.29, 1.82) is 0 Å². The van der Waals surface area contributed by atoms with E-state index in [1.807, 2.05) is 0 Å². The van der Waals surface area contributed by atoms with Gasteiger partial charge in [0, 0.05) is 18.1 Å². The van der Waals surface area contributed by atoms with Crippen molar-refractivity contribution >= 4 is 0 Å². The second kappa shape index (κ2) is 6.38. The number of hydrogen-bond acceptors (Lipinski definition) is 2. The van der Waals surface area contributed by atoms with Crippen molar-refractivity contribution in [3.8, 4) is 0 Å². The second-order valence-electron chi connectivity index (χ2n) is 6.84. The van der Waals surface area contributed by atoms with Crippen LogP contribution in [0.3, 0.4) is 0 Å². The van der Waals surface area contributed by atoms with Crippen molar-refractivity contribution in [1.82, 2.24) is 10.2 Å². The van der Waals surface area contributed by atoms with Crippen LogP contribution in [0.1, 0.15) is 58.8 Å². The van der Waals surface area contributed by atoms with E-state index < -0.39 is 0 Å². The summed E-state index contributed by atoms with van der Waals surface area (Å²) < 4.78 is 0. The van der Waals surface area contributed by atoms with Gasteiger partial charge in [0.1, 0.15) is 0 Å². The molecule has 0 saturated heterocycles. The van der Waals surface area contributed by atoms with Crippen LogP contribution < -0.4 is 5.32 Å². The van der Waals surface area contributed by atoms with E-state index in [4.69, 9.17) is 0 Å². The van der Waals surface area contributed by atoms with Crippen molar-refractivity contribution < 1.29 is 0 Å². The second-order valence-corrected chi connectivity index (χ2v) is 6.84. The van der Waals surface area contributed by atoms with Crippen LogP contribution in [0.4, 0.5) is 0 Å². The maximum atomic E-state index is 3.44. The van der Waals surface area contributed by atoms with Gasteiger partial charge in [0.25, 0.3) is 0 Å². The van der Waals surface area contributed by atoms with Crippen LogP contribution in [0.25, 0.3) is 0 Å². The minimum atomic E-state index is 0.774. The van der Waals surface area contributed by atoms with Gasteiger partial charge in [-0.1, -0.05) is 20.3 Å². The summed E-state index contributed by atoms with van der Waals surface area (Å²) in [5.74, 6) is 1.78. The Morgan fingerprint density at radius 3 is 1.94 bits per heavy atom. The molecule has 0 aromatic heterocycles. The van der Waals surface area contributed by atoms with Crippen molar-refractivity contribution in [2.24, 2.45) is 11.8 Å². The quantitative estimate of drug-likeness (QED) is 0.829. The van der Waals surface area contributed by atoms with Crippen LogP contribution in [0, 0.1) is 11.8 Å². The first-order chi connectivity index (χ1) is 8.63. The molecule has 2 atom stereocenters. The molecule has 2 aliphatic carbocycles. The topological polar surface area (TPSA) is 15.3 Å². The highest BCUT2D eigenvalue weighted by Crippen LogP contribution is 2.35. The van der Waals surface area contributed by atoms with E-state index in [1.165, 1.54) is 44.9 Å². The molecular weight excluding hydrogens is 220 g/mol. The highest BCUT2D eigenvalue weighted by Gasteiger charge is 2.35. The van der Waals surface area contributed by atoms with Gasteiger partial charge in [-0.05, 0) is 64.5 Å². The molecule has 2 nitrogen and oxygen atoms in total. The summed E-state index contributed by atoms with van der Waals surface area (Å²) in [6, 6.07) is 2.44. The van der Waals surface area contributed by atoms with Crippen LogP contribution in [-0.2, 0) is 0 Å². The summed E-state index contributed by atoms with van der Waals surface area (Å²) >= 11 is 0. The van der Waals surface area contributed by atoms with Gasteiger partial charge in [-0.25, -0.2) is 0 Å². The minimum Gasteiger partial charge on any atom is -0.317 e. The Labute approximate surface area is 114 Å². The molecule has 2 saturated carbocycles. The summed E-state index contributed by atoms with van der Waals surface area (Å²) in [5, 5.41) is 3.44. The van der Waals surface area contributed by atoms with E-state index in [2.05, 4.69) is 38.2 Å². The van der Waals surface area contributed by atoms with E-state index in [1.54, 1.807) is 0 Å². The number of hydrogen-bond donors (Lipinski definition) is 1. The molecule has 0 aliphatic heterocycles. The van der Waals surface area contributed by atoms with Gasteiger partial charge in [0.2, 0.25) is 0 Å². The lowest BCUT2D eigenvalue weighted by atomic mass is 9.76. The first-order valence-corrected chi connectivity index (χ1v) is 8.02. The molecule has 0 spiro atoms. The van der Waals surface area contributed by atoms with Gasteiger partial charge in [-0.3, -0.25) is 4.90 Å². The molecule has 1 N–H and O–H groups in total. The number of nitrogens with one attached hydrogen (secondary N) is 1. The molecule has 2 heteroatoms. The van der Waals surface area contributed by atoms with Crippen molar-refractivity contribution in [2.45, 2.75) is 76.9 Å². The maximum absolute atomic E-state index is 3.44. The van der Waals surface area contributed by atoms with Gasteiger partial charge < -0.3 is 5.32 Å². The molecule has 0 bridgehead atoms. The SMILES string of the molecule is CNC1CCC(N(C)C2C(C)CCCC2C)CC1. The summed E-state index contributed by atoms with van der Waals surface area (Å²) in [4.78, 5) is 2.75. The minimum absolute atomic E-state index is 0.774. The monoisotopic (exact) mass is 252 g/mol. The molecule has 0 radical (unpaired) electrons. The zero-order valence-corrected chi connectivity index (χ0v) is 12.8. The molecule has 18 heavy (non-hydrogen) atoms. The average Bonchev–Trinajstić information content (AvgIpc) is 2.38. The predicted octanol–water partition coefficient (Wildman–Crippen LogP) is 3.27. The van der Waals surface area contributed by atoms with Gasteiger partial charge in [-0.15, -0.1) is 0 Å². The summed E-state index contributed by atoms with van der Waals surface area (Å²) in [6.07, 6.45) is 9.81. The van der Waals surface area contributed by atoms with Crippen LogP contribution >= 0.6 is 0 Å². The van der Waals surface area contributed by atoms with E-state index >= 15 is 0 Å². The Morgan fingerprint density at radius 2 is 1.44 bits per heavy atom. The standard InChI is InChI=1S/C16H32N2/c1-12-6-5-7-13(2)16(12)18(4)15-10-8-14(17-3)9-11-15/h12-17H,5-11H2,1-4H3. The van der Waals surface area contributed by atoms with E-state index in [0.717, 1.165) is 30.0 Å². The smallest absolute Gasteiger partial charge is 0.0146 e. The van der Waals surface area contributed by atoms with E-state index in [-0.39, 0.29) is 0 Å². The summed E-state index contributed by atoms with van der Waals surface area (Å²) in [7, 11) is 4.51. The molecule has 0 aromatic carbocycles. The fourth-order valence-electron chi connectivity index (χ4n) is 4.48. The molecular formula is C16H32N2. The first-order valence-electron chi connectivity index (χ1n) is 8.02. The predicted molar refractivity (Wildman–Crippen MR) is 78.8 cm³/mol. The fraction of sp³-hybridized carbons (Fsp3) is 1.00. The Balaban J connectivity index is 1.92. The third-order valence-corrected chi connectivity index (χ3v) is 5.64. The van der Waals surface area contributed by atoms with E-state index in [0.29, 0.717) is 0 Å². The lowest BCUT2D eigenvalue weighted by Gasteiger charge is -2.46. The average molecular weight is 252 g/mol. The highest BCUT2D eigenvalue weighted by atomic mass is 15.2. The molecule has 0 heterocycles. The van der Waals surface area contributed by atoms with Crippen molar-refractivity contribution in [3.05, 3.63) is 0 Å². The lowest BCUT2D eigenvalue weighted by Crippen LogP contribution is -2.50. The molecule has 0 amide bonds. The third kappa shape index (κ3) is 3.08. The first kappa shape index (κ1) is 14.3. The Bertz CT molecular complexity index is 235. The maximum Gasteiger partial charge on any atom is 0.0146 e. The largest absolute Gasteiger partial charge is 0.317 e. The highest BCUT2D eigenvalue weighted by molar-refractivity contribution is 4.90. The molecule has 2 unspecified atom stereocenters. The molecule has 106 valence electrons. The third-order valence-electron chi connectivity index (χ3n) is 5.64. The number of nitrogens with zero attached hydrogens (tertiary/aromatic N) is 1. The summed E-state index contributed by atoms with van der Waals surface area (Å²) in [5.41, 5.74) is 0. The zero-order valence-electron chi connectivity index (χ0n) is 12.8. The molecule has 2 rings (SSSR count). The van der Waals surface area contributed by atoms with Gasteiger partial charge in [0.15, 0.2) is 0 Å². The van der Waals surface area contributed by atoms with Crippen LogP contribution in [0.15, 0.2) is 0 Å². The van der Waals surface area contributed by atoms with E-state index in [9.17, 15) is 0 Å². The summed E-state index contributed by atoms with van der Waals surface area (Å²) in [6.45, 7) is 4.94.